The van der Waals surface area contributed by atoms with Crippen LogP contribution < -0.4 is 11.1 Å². The minimum atomic E-state index is -1.05. The van der Waals surface area contributed by atoms with Crippen molar-refractivity contribution >= 4 is 22.8 Å². The number of amides is 2. The molecule has 0 atom stereocenters. The van der Waals surface area contributed by atoms with E-state index in [2.05, 4.69) is 5.32 Å². The molecule has 2 aromatic rings. The molecule has 1 heterocycles. The van der Waals surface area contributed by atoms with E-state index >= 15 is 0 Å². The molecule has 0 unspecified atom stereocenters. The molecule has 6 heteroatoms. The van der Waals surface area contributed by atoms with Gasteiger partial charge in [0.1, 0.15) is 16.9 Å². The molecule has 22 heavy (non-hydrogen) atoms. The van der Waals surface area contributed by atoms with E-state index in [9.17, 15) is 14.0 Å². The smallest absolute Gasteiger partial charge is 0.256 e. The van der Waals surface area contributed by atoms with Crippen molar-refractivity contribution in [1.82, 2.24) is 5.32 Å². The zero-order valence-corrected chi connectivity index (χ0v) is 12.0. The zero-order chi connectivity index (χ0) is 15.7. The number of benzene rings is 1. The average molecular weight is 304 g/mol. The van der Waals surface area contributed by atoms with Gasteiger partial charge in [-0.15, -0.1) is 0 Å². The van der Waals surface area contributed by atoms with Gasteiger partial charge in [0, 0.05) is 5.39 Å². The minimum Gasteiger partial charge on any atom is -0.464 e. The molecule has 0 bridgehead atoms. The third-order valence-corrected chi connectivity index (χ3v) is 4.29. The third kappa shape index (κ3) is 2.45. The van der Waals surface area contributed by atoms with E-state index in [1.807, 2.05) is 0 Å². The molecule has 0 aliphatic heterocycles. The van der Waals surface area contributed by atoms with Crippen LogP contribution in [0.3, 0.4) is 0 Å². The Morgan fingerprint density at radius 3 is 2.64 bits per heavy atom. The maximum absolute atomic E-state index is 13.7. The van der Waals surface area contributed by atoms with E-state index < -0.39 is 23.2 Å². The second-order valence-corrected chi connectivity index (χ2v) is 5.75. The number of hydrogen-bond donors (Lipinski definition) is 2. The van der Waals surface area contributed by atoms with Crippen LogP contribution in [0.2, 0.25) is 0 Å². The van der Waals surface area contributed by atoms with Gasteiger partial charge in [-0.05, 0) is 31.0 Å². The van der Waals surface area contributed by atoms with Crippen molar-refractivity contribution in [3.05, 3.63) is 35.8 Å². The van der Waals surface area contributed by atoms with Gasteiger partial charge in [0.05, 0.1) is 11.8 Å². The summed E-state index contributed by atoms with van der Waals surface area (Å²) in [5, 5.41) is 3.22. The highest BCUT2D eigenvalue weighted by molar-refractivity contribution is 6.06. The van der Waals surface area contributed by atoms with Gasteiger partial charge in [-0.2, -0.15) is 0 Å². The van der Waals surface area contributed by atoms with E-state index in [4.69, 9.17) is 10.2 Å². The largest absolute Gasteiger partial charge is 0.464 e. The lowest BCUT2D eigenvalue weighted by Gasteiger charge is -2.35. The molecule has 1 aliphatic carbocycles. The summed E-state index contributed by atoms with van der Waals surface area (Å²) in [6.07, 6.45) is 5.05. The Bertz CT molecular complexity index is 732. The number of halogens is 1. The van der Waals surface area contributed by atoms with Gasteiger partial charge in [0.15, 0.2) is 0 Å². The maximum Gasteiger partial charge on any atom is 0.256 e. The van der Waals surface area contributed by atoms with Crippen LogP contribution >= 0.6 is 0 Å². The first-order valence-corrected chi connectivity index (χ1v) is 7.31. The molecule has 3 N–H and O–H groups in total. The standard InChI is InChI=1S/C16H17FN2O3/c17-11-8-10-4-7-22-13(10)12(9-11)14(20)19-16(15(18)21)5-2-1-3-6-16/h4,7-9H,1-3,5-6H2,(H2,18,21)(H,19,20). The molecule has 0 radical (unpaired) electrons. The molecule has 1 aliphatic rings. The number of rotatable bonds is 3. The lowest BCUT2D eigenvalue weighted by molar-refractivity contribution is -0.125. The Morgan fingerprint density at radius 1 is 1.23 bits per heavy atom. The monoisotopic (exact) mass is 304 g/mol. The highest BCUT2D eigenvalue weighted by Gasteiger charge is 2.39. The van der Waals surface area contributed by atoms with Gasteiger partial charge in [0.2, 0.25) is 5.91 Å². The first-order chi connectivity index (χ1) is 10.5. The Kier molecular flexibility index (Phi) is 3.60. The molecule has 116 valence electrons. The number of primary amides is 1. The van der Waals surface area contributed by atoms with Crippen molar-refractivity contribution in [2.75, 3.05) is 0 Å². The second-order valence-electron chi connectivity index (χ2n) is 5.75. The van der Waals surface area contributed by atoms with E-state index in [0.717, 1.165) is 25.3 Å². The van der Waals surface area contributed by atoms with Gasteiger partial charge < -0.3 is 15.5 Å². The molecule has 1 fully saturated rings. The predicted octanol–water partition coefficient (Wildman–Crippen LogP) is 2.49. The minimum absolute atomic E-state index is 0.0752. The summed E-state index contributed by atoms with van der Waals surface area (Å²) in [6.45, 7) is 0. The SMILES string of the molecule is NC(=O)C1(NC(=O)c2cc(F)cc3ccoc23)CCCCC1. The van der Waals surface area contributed by atoms with Crippen LogP contribution in [-0.2, 0) is 4.79 Å². The molecule has 1 aromatic carbocycles. The van der Waals surface area contributed by atoms with Crippen molar-refractivity contribution < 1.29 is 18.4 Å². The first kappa shape index (κ1) is 14.6. The van der Waals surface area contributed by atoms with Crippen LogP contribution in [0.5, 0.6) is 0 Å². The molecule has 5 nitrogen and oxygen atoms in total. The fourth-order valence-electron chi connectivity index (χ4n) is 3.09. The molecular formula is C16H17FN2O3. The highest BCUT2D eigenvalue weighted by Crippen LogP contribution is 2.29. The molecule has 3 rings (SSSR count). The van der Waals surface area contributed by atoms with Crippen LogP contribution in [0.1, 0.15) is 42.5 Å². The van der Waals surface area contributed by atoms with Crippen LogP contribution in [-0.4, -0.2) is 17.4 Å². The van der Waals surface area contributed by atoms with Crippen molar-refractivity contribution in [1.29, 1.82) is 0 Å². The maximum atomic E-state index is 13.7. The summed E-state index contributed by atoms with van der Waals surface area (Å²) in [4.78, 5) is 24.4. The van der Waals surface area contributed by atoms with E-state index in [1.165, 1.54) is 12.3 Å². The summed E-state index contributed by atoms with van der Waals surface area (Å²) in [5.74, 6) is -1.62. The summed E-state index contributed by atoms with van der Waals surface area (Å²) < 4.78 is 18.9. The highest BCUT2D eigenvalue weighted by atomic mass is 19.1. The van der Waals surface area contributed by atoms with Gasteiger partial charge in [-0.1, -0.05) is 19.3 Å². The van der Waals surface area contributed by atoms with Crippen molar-refractivity contribution in [2.45, 2.75) is 37.6 Å². The molecule has 1 aromatic heterocycles. The normalized spacial score (nSPS) is 17.3. The molecule has 0 spiro atoms. The number of carbonyl (C=O) groups is 2. The fourth-order valence-corrected chi connectivity index (χ4v) is 3.09. The summed E-state index contributed by atoms with van der Waals surface area (Å²) >= 11 is 0. The number of hydrogen-bond acceptors (Lipinski definition) is 3. The van der Waals surface area contributed by atoms with E-state index in [1.54, 1.807) is 6.07 Å². The molecule has 0 saturated heterocycles. The number of nitrogens with one attached hydrogen (secondary N) is 1. The average Bonchev–Trinajstić information content (AvgIpc) is 2.95. The molecule has 1 saturated carbocycles. The van der Waals surface area contributed by atoms with Crippen LogP contribution in [0, 0.1) is 5.82 Å². The quantitative estimate of drug-likeness (QED) is 0.913. The second kappa shape index (κ2) is 5.44. The number of carbonyl (C=O) groups excluding carboxylic acids is 2. The predicted molar refractivity (Wildman–Crippen MR) is 78.6 cm³/mol. The lowest BCUT2D eigenvalue weighted by Crippen LogP contribution is -2.58. The Balaban J connectivity index is 1.95. The number of furan rings is 1. The summed E-state index contributed by atoms with van der Waals surface area (Å²) in [7, 11) is 0. The van der Waals surface area contributed by atoms with Crippen LogP contribution in [0.4, 0.5) is 4.39 Å². The summed E-state index contributed by atoms with van der Waals surface area (Å²) in [5.41, 5.74) is 4.82. The number of fused-ring (bicyclic) bond motifs is 1. The Labute approximate surface area is 126 Å². The van der Waals surface area contributed by atoms with Crippen LogP contribution in [0.25, 0.3) is 11.0 Å². The summed E-state index contributed by atoms with van der Waals surface area (Å²) in [6, 6.07) is 3.98. The third-order valence-electron chi connectivity index (χ3n) is 4.29. The zero-order valence-electron chi connectivity index (χ0n) is 12.0. The van der Waals surface area contributed by atoms with Gasteiger partial charge in [-0.3, -0.25) is 9.59 Å². The van der Waals surface area contributed by atoms with Crippen molar-refractivity contribution in [2.24, 2.45) is 5.73 Å². The van der Waals surface area contributed by atoms with Crippen molar-refractivity contribution in [3.8, 4) is 0 Å². The Morgan fingerprint density at radius 2 is 1.95 bits per heavy atom. The fraction of sp³-hybridized carbons (Fsp3) is 0.375. The van der Waals surface area contributed by atoms with Crippen LogP contribution in [0.15, 0.2) is 28.9 Å². The molecule has 2 amide bonds. The number of nitrogens with two attached hydrogens (primary N) is 1. The lowest BCUT2D eigenvalue weighted by atomic mass is 9.81. The van der Waals surface area contributed by atoms with E-state index in [0.29, 0.717) is 23.8 Å². The topological polar surface area (TPSA) is 85.3 Å². The van der Waals surface area contributed by atoms with Gasteiger partial charge in [-0.25, -0.2) is 4.39 Å². The van der Waals surface area contributed by atoms with Gasteiger partial charge >= 0.3 is 0 Å². The molecular weight excluding hydrogens is 287 g/mol. The van der Waals surface area contributed by atoms with Gasteiger partial charge in [0.25, 0.3) is 5.91 Å². The first-order valence-electron chi connectivity index (χ1n) is 7.31. The van der Waals surface area contributed by atoms with E-state index in [-0.39, 0.29) is 5.56 Å². The van der Waals surface area contributed by atoms with Crippen molar-refractivity contribution in [3.63, 3.8) is 0 Å². The Hall–Kier alpha value is -2.37.